The average molecular weight is 334 g/mol. The van der Waals surface area contributed by atoms with Gasteiger partial charge in [0.25, 0.3) is 0 Å². The number of ether oxygens (including phenoxy) is 1. The third-order valence-electron chi connectivity index (χ3n) is 3.27. The van der Waals surface area contributed by atoms with Gasteiger partial charge in [-0.25, -0.2) is 4.79 Å². The number of rotatable bonds is 5. The van der Waals surface area contributed by atoms with Crippen molar-refractivity contribution in [1.29, 1.82) is 0 Å². The quantitative estimate of drug-likeness (QED) is 0.619. The van der Waals surface area contributed by atoms with Gasteiger partial charge in [0.15, 0.2) is 0 Å². The predicted molar refractivity (Wildman–Crippen MR) is 86.1 cm³/mol. The molecule has 23 heavy (non-hydrogen) atoms. The average Bonchev–Trinajstić information content (AvgIpc) is 2.54. The van der Waals surface area contributed by atoms with Crippen LogP contribution in [0.1, 0.15) is 35.7 Å². The summed E-state index contributed by atoms with van der Waals surface area (Å²) in [6.45, 7) is 4.01. The number of benzene rings is 2. The Morgan fingerprint density at radius 2 is 1.74 bits per heavy atom. The van der Waals surface area contributed by atoms with Crippen LogP contribution in [0.4, 0.5) is 0 Å². The van der Waals surface area contributed by atoms with E-state index < -0.39 is 16.1 Å². The second kappa shape index (κ2) is 6.83. The summed E-state index contributed by atoms with van der Waals surface area (Å²) in [4.78, 5) is 11.4. The summed E-state index contributed by atoms with van der Waals surface area (Å²) in [7, 11) is -2.79. The van der Waals surface area contributed by atoms with E-state index in [9.17, 15) is 13.2 Å². The number of methoxy groups -OCH3 is 1. The van der Waals surface area contributed by atoms with Crippen LogP contribution in [0.25, 0.3) is 0 Å². The first-order chi connectivity index (χ1) is 10.8. The Hall–Kier alpha value is -2.34. The Labute approximate surface area is 136 Å². The summed E-state index contributed by atoms with van der Waals surface area (Å²) >= 11 is 0. The topological polar surface area (TPSA) is 69.7 Å². The van der Waals surface area contributed by atoms with Gasteiger partial charge < -0.3 is 8.92 Å². The van der Waals surface area contributed by atoms with E-state index in [0.29, 0.717) is 0 Å². The lowest BCUT2D eigenvalue weighted by Gasteiger charge is -2.10. The highest BCUT2D eigenvalue weighted by atomic mass is 32.2. The van der Waals surface area contributed by atoms with Gasteiger partial charge in [-0.2, -0.15) is 8.42 Å². The van der Waals surface area contributed by atoms with Crippen LogP contribution in [-0.4, -0.2) is 21.5 Å². The number of carbonyl (C=O) groups excluding carboxylic acids is 1. The predicted octanol–water partition coefficient (Wildman–Crippen LogP) is 3.36. The van der Waals surface area contributed by atoms with Crippen LogP contribution in [0, 0.1) is 0 Å². The van der Waals surface area contributed by atoms with Gasteiger partial charge in [-0.1, -0.05) is 32.0 Å². The molecule has 0 radical (unpaired) electrons. The summed E-state index contributed by atoms with van der Waals surface area (Å²) in [6, 6.07) is 12.5. The minimum absolute atomic E-state index is 0.102. The van der Waals surface area contributed by atoms with Crippen LogP contribution in [0.2, 0.25) is 0 Å². The molecule has 2 aromatic rings. The van der Waals surface area contributed by atoms with E-state index in [0.717, 1.165) is 5.56 Å². The second-order valence-electron chi connectivity index (χ2n) is 5.28. The molecule has 5 nitrogen and oxygen atoms in total. The van der Waals surface area contributed by atoms with Gasteiger partial charge in [-0.05, 0) is 41.8 Å². The first-order valence-corrected chi connectivity index (χ1v) is 8.47. The van der Waals surface area contributed by atoms with Crippen molar-refractivity contribution in [3.63, 3.8) is 0 Å². The van der Waals surface area contributed by atoms with Gasteiger partial charge >= 0.3 is 16.1 Å². The van der Waals surface area contributed by atoms with Crippen molar-refractivity contribution in [3.05, 3.63) is 59.7 Å². The van der Waals surface area contributed by atoms with Crippen molar-refractivity contribution in [2.75, 3.05) is 7.11 Å². The molecule has 0 aromatic heterocycles. The van der Waals surface area contributed by atoms with Crippen molar-refractivity contribution in [2.24, 2.45) is 0 Å². The molecule has 0 aliphatic rings. The number of hydrogen-bond donors (Lipinski definition) is 0. The molecule has 0 amide bonds. The molecule has 0 bridgehead atoms. The molecule has 0 spiro atoms. The zero-order valence-electron chi connectivity index (χ0n) is 13.1. The van der Waals surface area contributed by atoms with Crippen LogP contribution in [0.5, 0.6) is 5.75 Å². The lowest BCUT2D eigenvalue weighted by atomic mass is 10.0. The summed E-state index contributed by atoms with van der Waals surface area (Å²) in [5.74, 6) is -0.118. The fourth-order valence-electron chi connectivity index (χ4n) is 2.00. The van der Waals surface area contributed by atoms with Crippen molar-refractivity contribution in [1.82, 2.24) is 0 Å². The van der Waals surface area contributed by atoms with Gasteiger partial charge in [0, 0.05) is 0 Å². The molecular formula is C17H18O5S. The Balaban J connectivity index is 2.32. The van der Waals surface area contributed by atoms with Gasteiger partial charge in [-0.15, -0.1) is 0 Å². The monoisotopic (exact) mass is 334 g/mol. The third kappa shape index (κ3) is 4.10. The smallest absolute Gasteiger partial charge is 0.339 e. The van der Waals surface area contributed by atoms with E-state index in [1.165, 1.54) is 31.4 Å². The molecule has 0 saturated heterocycles. The first-order valence-electron chi connectivity index (χ1n) is 7.06. The standard InChI is InChI=1S/C17H18O5S/c1-12(2)13-6-4-8-15(10-13)22-23(19,20)16-9-5-7-14(11-16)17(18)21-3/h4-12H,1-3H3. The molecule has 0 saturated carbocycles. The van der Waals surface area contributed by atoms with Crippen LogP contribution < -0.4 is 4.18 Å². The fourth-order valence-corrected chi connectivity index (χ4v) is 2.97. The minimum Gasteiger partial charge on any atom is -0.465 e. The Morgan fingerprint density at radius 3 is 2.39 bits per heavy atom. The zero-order valence-corrected chi connectivity index (χ0v) is 14.0. The number of hydrogen-bond acceptors (Lipinski definition) is 5. The SMILES string of the molecule is COC(=O)c1cccc(S(=O)(=O)Oc2cccc(C(C)C)c2)c1. The third-order valence-corrected chi connectivity index (χ3v) is 4.52. The molecule has 0 aliphatic carbocycles. The highest BCUT2D eigenvalue weighted by Gasteiger charge is 2.19. The summed E-state index contributed by atoms with van der Waals surface area (Å²) < 4.78 is 34.5. The molecule has 0 aliphatic heterocycles. The molecule has 2 rings (SSSR count). The maximum absolute atomic E-state index is 12.4. The zero-order chi connectivity index (χ0) is 17.0. The molecule has 0 N–H and O–H groups in total. The van der Waals surface area contributed by atoms with Gasteiger partial charge in [-0.3, -0.25) is 0 Å². The van der Waals surface area contributed by atoms with Crippen molar-refractivity contribution in [3.8, 4) is 5.75 Å². The van der Waals surface area contributed by atoms with Gasteiger partial charge in [0.2, 0.25) is 0 Å². The minimum atomic E-state index is -4.03. The van der Waals surface area contributed by atoms with Crippen LogP contribution in [0.3, 0.4) is 0 Å². The molecular weight excluding hydrogens is 316 g/mol. The molecule has 2 aromatic carbocycles. The van der Waals surface area contributed by atoms with Crippen LogP contribution in [-0.2, 0) is 14.9 Å². The van der Waals surface area contributed by atoms with Crippen molar-refractivity contribution in [2.45, 2.75) is 24.7 Å². The van der Waals surface area contributed by atoms with Gasteiger partial charge in [0.05, 0.1) is 12.7 Å². The fraction of sp³-hybridized carbons (Fsp3) is 0.235. The molecule has 0 heterocycles. The lowest BCUT2D eigenvalue weighted by molar-refractivity contribution is 0.0600. The Morgan fingerprint density at radius 1 is 1.04 bits per heavy atom. The number of esters is 1. The Kier molecular flexibility index (Phi) is 5.05. The highest BCUT2D eigenvalue weighted by Crippen LogP contribution is 2.24. The highest BCUT2D eigenvalue weighted by molar-refractivity contribution is 7.87. The van der Waals surface area contributed by atoms with Gasteiger partial charge in [0.1, 0.15) is 10.6 Å². The lowest BCUT2D eigenvalue weighted by Crippen LogP contribution is -2.11. The van der Waals surface area contributed by atoms with Crippen LogP contribution >= 0.6 is 0 Å². The maximum atomic E-state index is 12.4. The molecule has 122 valence electrons. The maximum Gasteiger partial charge on any atom is 0.339 e. The second-order valence-corrected chi connectivity index (χ2v) is 6.83. The van der Waals surface area contributed by atoms with Crippen molar-refractivity contribution < 1.29 is 22.1 Å². The van der Waals surface area contributed by atoms with E-state index in [1.54, 1.807) is 18.2 Å². The molecule has 0 fully saturated rings. The Bertz CT molecular complexity index is 809. The molecule has 6 heteroatoms. The largest absolute Gasteiger partial charge is 0.465 e. The van der Waals surface area contributed by atoms with E-state index in [1.807, 2.05) is 19.9 Å². The first kappa shape index (κ1) is 17.0. The molecule has 0 unspecified atom stereocenters. The summed E-state index contributed by atoms with van der Waals surface area (Å²) in [5.41, 5.74) is 1.12. The summed E-state index contributed by atoms with van der Waals surface area (Å²) in [5, 5.41) is 0. The van der Waals surface area contributed by atoms with E-state index in [4.69, 9.17) is 4.18 Å². The van der Waals surface area contributed by atoms with E-state index in [2.05, 4.69) is 4.74 Å². The molecule has 0 atom stereocenters. The van der Waals surface area contributed by atoms with E-state index in [-0.39, 0.29) is 22.1 Å². The van der Waals surface area contributed by atoms with Crippen molar-refractivity contribution >= 4 is 16.1 Å². The van der Waals surface area contributed by atoms with E-state index >= 15 is 0 Å². The normalized spacial score (nSPS) is 11.3. The summed E-state index contributed by atoms with van der Waals surface area (Å²) in [6.07, 6.45) is 0. The van der Waals surface area contributed by atoms with Crippen LogP contribution in [0.15, 0.2) is 53.4 Å². The number of carbonyl (C=O) groups is 1.